The Morgan fingerprint density at radius 2 is 2.00 bits per heavy atom. The number of aromatic nitrogens is 1. The average Bonchev–Trinajstić information content (AvgIpc) is 2.49. The van der Waals surface area contributed by atoms with Gasteiger partial charge in [0.05, 0.1) is 11.8 Å². The fourth-order valence-electron chi connectivity index (χ4n) is 3.04. The van der Waals surface area contributed by atoms with E-state index in [2.05, 4.69) is 23.0 Å². The van der Waals surface area contributed by atoms with Gasteiger partial charge < -0.3 is 5.11 Å². The van der Waals surface area contributed by atoms with E-state index in [9.17, 15) is 5.11 Å². The highest BCUT2D eigenvalue weighted by atomic mass is 16.3. The Morgan fingerprint density at radius 3 is 2.80 bits per heavy atom. The van der Waals surface area contributed by atoms with E-state index in [1.54, 1.807) is 0 Å². The third-order valence-corrected chi connectivity index (χ3v) is 4.15. The van der Waals surface area contributed by atoms with Gasteiger partial charge in [-0.15, -0.1) is 0 Å². The number of benzene rings is 1. The maximum Gasteiger partial charge on any atom is 0.0947 e. The summed E-state index contributed by atoms with van der Waals surface area (Å²) in [7, 11) is 2.07. The zero-order valence-electron chi connectivity index (χ0n) is 11.7. The lowest BCUT2D eigenvalue weighted by atomic mass is 9.85. The Balaban J connectivity index is 1.75. The van der Waals surface area contributed by atoms with E-state index in [-0.39, 0.29) is 6.04 Å². The predicted octanol–water partition coefficient (Wildman–Crippen LogP) is 2.56. The number of rotatable bonds is 3. The lowest BCUT2D eigenvalue weighted by molar-refractivity contribution is 0.0456. The number of nitrogens with zero attached hydrogens (tertiary/aromatic N) is 2. The molecule has 1 aliphatic rings. The van der Waals surface area contributed by atoms with E-state index in [4.69, 9.17) is 0 Å². The Hall–Kier alpha value is -1.71. The largest absolute Gasteiger partial charge is 0.387 e. The number of hydrogen-bond acceptors (Lipinski definition) is 3. The third-order valence-electron chi connectivity index (χ3n) is 4.15. The minimum atomic E-state index is -0.409. The van der Waals surface area contributed by atoms with Gasteiger partial charge in [-0.25, -0.2) is 0 Å². The molecule has 0 bridgehead atoms. The number of hydrogen-bond donors (Lipinski definition) is 1. The van der Waals surface area contributed by atoms with Crippen LogP contribution >= 0.6 is 0 Å². The first-order chi connectivity index (χ1) is 9.75. The molecule has 3 nitrogen and oxygen atoms in total. The first-order valence-corrected chi connectivity index (χ1v) is 7.12. The van der Waals surface area contributed by atoms with Crippen molar-refractivity contribution in [3.05, 3.63) is 65.5 Å². The van der Waals surface area contributed by atoms with E-state index in [1.165, 1.54) is 5.56 Å². The van der Waals surface area contributed by atoms with Gasteiger partial charge in [-0.2, -0.15) is 0 Å². The summed E-state index contributed by atoms with van der Waals surface area (Å²) in [6, 6.07) is 14.3. The zero-order valence-corrected chi connectivity index (χ0v) is 11.7. The van der Waals surface area contributed by atoms with E-state index in [0.29, 0.717) is 0 Å². The first kappa shape index (κ1) is 13.3. The van der Waals surface area contributed by atoms with Crippen LogP contribution in [0, 0.1) is 0 Å². The number of aliphatic hydroxyl groups excluding tert-OH is 1. The molecule has 2 aromatic rings. The molecule has 1 aromatic carbocycles. The van der Waals surface area contributed by atoms with Gasteiger partial charge in [-0.05, 0) is 43.1 Å². The van der Waals surface area contributed by atoms with Crippen LogP contribution in [0.2, 0.25) is 0 Å². The minimum Gasteiger partial charge on any atom is -0.387 e. The van der Waals surface area contributed by atoms with Crippen molar-refractivity contribution in [3.8, 4) is 0 Å². The number of aliphatic hydroxyl groups is 1. The van der Waals surface area contributed by atoms with Crippen LogP contribution in [0.25, 0.3) is 0 Å². The van der Waals surface area contributed by atoms with Crippen LogP contribution in [0.4, 0.5) is 0 Å². The monoisotopic (exact) mass is 268 g/mol. The fraction of sp³-hybridized carbons (Fsp3) is 0.353. The number of likely N-dealkylation sites (N-methyl/N-ethyl adjacent to an activating group) is 1. The molecular weight excluding hydrogens is 248 g/mol. The quantitative estimate of drug-likeness (QED) is 0.929. The molecule has 0 fully saturated rings. The van der Waals surface area contributed by atoms with Crippen molar-refractivity contribution in [2.75, 3.05) is 7.05 Å². The summed E-state index contributed by atoms with van der Waals surface area (Å²) in [4.78, 5) is 6.57. The standard InChI is InChI=1S/C17H20N2O/c1-19(12-14-7-4-5-11-18-14)16-10-9-13-6-2-3-8-15(13)17(16)20/h2-8,11,16-17,20H,9-10,12H2,1H3. The summed E-state index contributed by atoms with van der Waals surface area (Å²) in [5.74, 6) is 0. The third kappa shape index (κ3) is 2.60. The molecule has 104 valence electrons. The van der Waals surface area contributed by atoms with Gasteiger partial charge >= 0.3 is 0 Å². The highest BCUT2D eigenvalue weighted by Gasteiger charge is 2.30. The maximum absolute atomic E-state index is 10.6. The average molecular weight is 268 g/mol. The highest BCUT2D eigenvalue weighted by molar-refractivity contribution is 5.32. The SMILES string of the molecule is CN(Cc1ccccn1)C1CCc2ccccc2C1O. The van der Waals surface area contributed by atoms with Gasteiger partial charge in [0.2, 0.25) is 0 Å². The number of pyridine rings is 1. The number of fused-ring (bicyclic) bond motifs is 1. The van der Waals surface area contributed by atoms with Crippen molar-refractivity contribution in [1.29, 1.82) is 0 Å². The van der Waals surface area contributed by atoms with Crippen LogP contribution in [0.3, 0.4) is 0 Å². The Kier molecular flexibility index (Phi) is 3.81. The second kappa shape index (κ2) is 5.73. The number of aryl methyl sites for hydroxylation is 1. The molecule has 2 atom stereocenters. The summed E-state index contributed by atoms with van der Waals surface area (Å²) in [6.07, 6.45) is 3.43. The van der Waals surface area contributed by atoms with Gasteiger partial charge in [-0.3, -0.25) is 9.88 Å². The topological polar surface area (TPSA) is 36.4 Å². The van der Waals surface area contributed by atoms with Gasteiger partial charge in [0.15, 0.2) is 0 Å². The van der Waals surface area contributed by atoms with Crippen molar-refractivity contribution in [2.45, 2.75) is 31.5 Å². The summed E-state index contributed by atoms with van der Waals surface area (Å²) in [5, 5.41) is 10.6. The molecule has 0 radical (unpaired) electrons. The van der Waals surface area contributed by atoms with Crippen LogP contribution < -0.4 is 0 Å². The molecule has 2 unspecified atom stereocenters. The highest BCUT2D eigenvalue weighted by Crippen LogP contribution is 2.32. The molecule has 3 heteroatoms. The second-order valence-corrected chi connectivity index (χ2v) is 5.49. The Bertz CT molecular complexity index is 570. The van der Waals surface area contributed by atoms with Crippen LogP contribution in [0.5, 0.6) is 0 Å². The van der Waals surface area contributed by atoms with Crippen molar-refractivity contribution >= 4 is 0 Å². The van der Waals surface area contributed by atoms with Gasteiger partial charge in [0.1, 0.15) is 0 Å². The second-order valence-electron chi connectivity index (χ2n) is 5.49. The molecule has 0 amide bonds. The summed E-state index contributed by atoms with van der Waals surface area (Å²) >= 11 is 0. The minimum absolute atomic E-state index is 0.159. The van der Waals surface area contributed by atoms with Crippen LogP contribution in [0.15, 0.2) is 48.7 Å². The van der Waals surface area contributed by atoms with Crippen molar-refractivity contribution in [3.63, 3.8) is 0 Å². The molecule has 0 spiro atoms. The van der Waals surface area contributed by atoms with Crippen LogP contribution in [-0.2, 0) is 13.0 Å². The molecule has 0 aliphatic heterocycles. The lowest BCUT2D eigenvalue weighted by Gasteiger charge is -2.36. The van der Waals surface area contributed by atoms with Crippen LogP contribution in [-0.4, -0.2) is 28.1 Å². The smallest absolute Gasteiger partial charge is 0.0947 e. The fourth-order valence-corrected chi connectivity index (χ4v) is 3.04. The lowest BCUT2D eigenvalue weighted by Crippen LogP contribution is -2.39. The molecule has 1 aliphatic carbocycles. The van der Waals surface area contributed by atoms with Crippen molar-refractivity contribution in [2.24, 2.45) is 0 Å². The molecule has 20 heavy (non-hydrogen) atoms. The summed E-state index contributed by atoms with van der Waals surface area (Å²) in [5.41, 5.74) is 3.40. The van der Waals surface area contributed by atoms with Crippen molar-refractivity contribution < 1.29 is 5.11 Å². The molecule has 1 N–H and O–H groups in total. The molecule has 1 aromatic heterocycles. The van der Waals surface area contributed by atoms with Gasteiger partial charge in [0, 0.05) is 18.8 Å². The maximum atomic E-state index is 10.6. The van der Waals surface area contributed by atoms with Crippen LogP contribution in [0.1, 0.15) is 29.3 Å². The zero-order chi connectivity index (χ0) is 13.9. The molecule has 0 saturated heterocycles. The molecule has 1 heterocycles. The summed E-state index contributed by atoms with van der Waals surface area (Å²) in [6.45, 7) is 0.769. The van der Waals surface area contributed by atoms with E-state index >= 15 is 0 Å². The summed E-state index contributed by atoms with van der Waals surface area (Å²) < 4.78 is 0. The predicted molar refractivity (Wildman–Crippen MR) is 79.2 cm³/mol. The Morgan fingerprint density at radius 1 is 1.20 bits per heavy atom. The molecule has 3 rings (SSSR count). The van der Waals surface area contributed by atoms with E-state index in [0.717, 1.165) is 30.6 Å². The molecular formula is C17H20N2O. The normalized spacial score (nSPS) is 21.8. The van der Waals surface area contributed by atoms with E-state index < -0.39 is 6.10 Å². The molecule has 0 saturated carbocycles. The van der Waals surface area contributed by atoms with Gasteiger partial charge in [0.25, 0.3) is 0 Å². The van der Waals surface area contributed by atoms with Crippen molar-refractivity contribution in [1.82, 2.24) is 9.88 Å². The van der Waals surface area contributed by atoms with Gasteiger partial charge in [-0.1, -0.05) is 30.3 Å². The Labute approximate surface area is 119 Å². The first-order valence-electron chi connectivity index (χ1n) is 7.12. The van der Waals surface area contributed by atoms with E-state index in [1.807, 2.05) is 42.6 Å².